The molecule has 2 amide bonds. The molecule has 0 spiro atoms. The fourth-order valence-corrected chi connectivity index (χ4v) is 2.87. The summed E-state index contributed by atoms with van der Waals surface area (Å²) < 4.78 is 10.7. The van der Waals surface area contributed by atoms with Gasteiger partial charge in [-0.3, -0.25) is 9.59 Å². The summed E-state index contributed by atoms with van der Waals surface area (Å²) in [5.41, 5.74) is 2.71. The molecule has 150 valence electrons. The van der Waals surface area contributed by atoms with Crippen LogP contribution in [0.3, 0.4) is 0 Å². The van der Waals surface area contributed by atoms with Crippen molar-refractivity contribution in [3.8, 4) is 5.75 Å². The molecule has 0 atom stereocenters. The SMILES string of the molecule is Cc1cc(OCC(=O)Nc2cccc(C(=O)NCc3ccco3)c2)cc(C)c1Cl. The topological polar surface area (TPSA) is 80.6 Å². The first-order valence-electron chi connectivity index (χ1n) is 9.02. The lowest BCUT2D eigenvalue weighted by molar-refractivity contribution is -0.118. The second kappa shape index (κ2) is 9.30. The third-order valence-electron chi connectivity index (χ3n) is 4.19. The number of carbonyl (C=O) groups is 2. The zero-order valence-corrected chi connectivity index (χ0v) is 16.9. The van der Waals surface area contributed by atoms with Crippen LogP contribution >= 0.6 is 11.6 Å². The minimum Gasteiger partial charge on any atom is -0.484 e. The van der Waals surface area contributed by atoms with Gasteiger partial charge < -0.3 is 19.8 Å². The van der Waals surface area contributed by atoms with E-state index in [1.54, 1.807) is 54.8 Å². The zero-order valence-electron chi connectivity index (χ0n) is 16.1. The van der Waals surface area contributed by atoms with Crippen LogP contribution in [0.4, 0.5) is 5.69 Å². The van der Waals surface area contributed by atoms with Crippen LogP contribution in [0, 0.1) is 13.8 Å². The number of halogens is 1. The number of hydrogen-bond donors (Lipinski definition) is 2. The third-order valence-corrected chi connectivity index (χ3v) is 4.79. The Morgan fingerprint density at radius 1 is 1.07 bits per heavy atom. The average molecular weight is 413 g/mol. The van der Waals surface area contributed by atoms with Gasteiger partial charge in [-0.25, -0.2) is 0 Å². The van der Waals surface area contributed by atoms with E-state index < -0.39 is 0 Å². The number of benzene rings is 2. The van der Waals surface area contributed by atoms with Crippen LogP contribution in [0.5, 0.6) is 5.75 Å². The Morgan fingerprint density at radius 2 is 1.83 bits per heavy atom. The van der Waals surface area contributed by atoms with Gasteiger partial charge >= 0.3 is 0 Å². The Kier molecular flexibility index (Phi) is 6.57. The van der Waals surface area contributed by atoms with Crippen molar-refractivity contribution in [3.63, 3.8) is 0 Å². The maximum Gasteiger partial charge on any atom is 0.262 e. The molecule has 0 aliphatic rings. The summed E-state index contributed by atoms with van der Waals surface area (Å²) in [6.45, 7) is 3.89. The summed E-state index contributed by atoms with van der Waals surface area (Å²) in [5, 5.41) is 6.18. The molecule has 0 unspecified atom stereocenters. The predicted octanol–water partition coefficient (Wildman–Crippen LogP) is 4.50. The van der Waals surface area contributed by atoms with E-state index in [1.165, 1.54) is 0 Å². The Balaban J connectivity index is 1.55. The standard InChI is InChI=1S/C22H21ClN2O4/c1-14-9-19(10-15(2)21(14)23)29-13-20(26)25-17-6-3-5-16(11-17)22(27)24-12-18-7-4-8-28-18/h3-11H,12-13H2,1-2H3,(H,24,27)(H,25,26). The van der Waals surface area contributed by atoms with Crippen molar-refractivity contribution in [2.24, 2.45) is 0 Å². The van der Waals surface area contributed by atoms with E-state index in [0.29, 0.717) is 27.8 Å². The summed E-state index contributed by atoms with van der Waals surface area (Å²) in [4.78, 5) is 24.5. The fourth-order valence-electron chi connectivity index (χ4n) is 2.76. The van der Waals surface area contributed by atoms with Gasteiger partial charge in [0.25, 0.3) is 11.8 Å². The molecule has 0 aliphatic carbocycles. The highest BCUT2D eigenvalue weighted by atomic mass is 35.5. The van der Waals surface area contributed by atoms with E-state index in [4.69, 9.17) is 20.8 Å². The van der Waals surface area contributed by atoms with Gasteiger partial charge in [0, 0.05) is 16.3 Å². The van der Waals surface area contributed by atoms with Crippen LogP contribution in [0.25, 0.3) is 0 Å². The highest BCUT2D eigenvalue weighted by molar-refractivity contribution is 6.32. The van der Waals surface area contributed by atoms with Gasteiger partial charge in [-0.15, -0.1) is 0 Å². The molecule has 2 aromatic carbocycles. The first kappa shape index (κ1) is 20.5. The summed E-state index contributed by atoms with van der Waals surface area (Å²) in [6.07, 6.45) is 1.55. The second-order valence-corrected chi connectivity index (χ2v) is 6.93. The van der Waals surface area contributed by atoms with E-state index >= 15 is 0 Å². The molecule has 6 nitrogen and oxygen atoms in total. The highest BCUT2D eigenvalue weighted by Crippen LogP contribution is 2.25. The monoisotopic (exact) mass is 412 g/mol. The molecule has 0 bridgehead atoms. The van der Waals surface area contributed by atoms with Crippen LogP contribution in [0.2, 0.25) is 5.02 Å². The Hall–Kier alpha value is -3.25. The minimum absolute atomic E-state index is 0.157. The number of ether oxygens (including phenoxy) is 1. The average Bonchev–Trinajstić information content (AvgIpc) is 3.22. The maximum absolute atomic E-state index is 12.3. The maximum atomic E-state index is 12.3. The number of hydrogen-bond acceptors (Lipinski definition) is 4. The Morgan fingerprint density at radius 3 is 2.52 bits per heavy atom. The summed E-state index contributed by atoms with van der Waals surface area (Å²) in [7, 11) is 0. The van der Waals surface area contributed by atoms with Gasteiger partial charge in [0.15, 0.2) is 6.61 Å². The Labute approximate surface area is 173 Å². The number of anilines is 1. The van der Waals surface area contributed by atoms with Crippen LogP contribution in [-0.2, 0) is 11.3 Å². The molecular weight excluding hydrogens is 392 g/mol. The number of aryl methyl sites for hydroxylation is 2. The smallest absolute Gasteiger partial charge is 0.262 e. The largest absolute Gasteiger partial charge is 0.484 e. The van der Waals surface area contributed by atoms with Gasteiger partial charge in [-0.2, -0.15) is 0 Å². The Bertz CT molecular complexity index is 992. The zero-order chi connectivity index (χ0) is 20.8. The van der Waals surface area contributed by atoms with Gasteiger partial charge in [-0.05, 0) is 67.4 Å². The number of carbonyl (C=O) groups excluding carboxylic acids is 2. The first-order chi connectivity index (χ1) is 13.9. The van der Waals surface area contributed by atoms with E-state index in [2.05, 4.69) is 10.6 Å². The van der Waals surface area contributed by atoms with Gasteiger partial charge in [0.05, 0.1) is 12.8 Å². The van der Waals surface area contributed by atoms with Gasteiger partial charge in [-0.1, -0.05) is 17.7 Å². The molecule has 1 heterocycles. The lowest BCUT2D eigenvalue weighted by Crippen LogP contribution is -2.23. The quantitative estimate of drug-likeness (QED) is 0.598. The van der Waals surface area contributed by atoms with Crippen molar-refractivity contribution >= 4 is 29.1 Å². The van der Waals surface area contributed by atoms with E-state index in [0.717, 1.165) is 11.1 Å². The van der Waals surface area contributed by atoms with E-state index in [9.17, 15) is 9.59 Å². The molecule has 0 fully saturated rings. The van der Waals surface area contributed by atoms with E-state index in [1.807, 2.05) is 13.8 Å². The van der Waals surface area contributed by atoms with E-state index in [-0.39, 0.29) is 25.0 Å². The summed E-state index contributed by atoms with van der Waals surface area (Å²) in [5.74, 6) is 0.641. The fraction of sp³-hybridized carbons (Fsp3) is 0.182. The van der Waals surface area contributed by atoms with Crippen molar-refractivity contribution < 1.29 is 18.7 Å². The number of rotatable bonds is 7. The number of amides is 2. The molecule has 1 aromatic heterocycles. The molecular formula is C22H21ClN2O4. The van der Waals surface area contributed by atoms with Crippen molar-refractivity contribution in [2.75, 3.05) is 11.9 Å². The van der Waals surface area contributed by atoms with Crippen molar-refractivity contribution in [1.82, 2.24) is 5.32 Å². The van der Waals surface area contributed by atoms with Crippen LogP contribution in [0.1, 0.15) is 27.2 Å². The lowest BCUT2D eigenvalue weighted by Gasteiger charge is -2.11. The van der Waals surface area contributed by atoms with Crippen LogP contribution in [0.15, 0.2) is 59.2 Å². The molecule has 0 saturated carbocycles. The molecule has 29 heavy (non-hydrogen) atoms. The highest BCUT2D eigenvalue weighted by Gasteiger charge is 2.10. The summed E-state index contributed by atoms with van der Waals surface area (Å²) in [6, 6.07) is 13.8. The minimum atomic E-state index is -0.330. The lowest BCUT2D eigenvalue weighted by atomic mass is 10.1. The van der Waals surface area contributed by atoms with Crippen molar-refractivity contribution in [1.29, 1.82) is 0 Å². The molecule has 0 aliphatic heterocycles. The molecule has 0 radical (unpaired) electrons. The van der Waals surface area contributed by atoms with Crippen LogP contribution in [-0.4, -0.2) is 18.4 Å². The molecule has 7 heteroatoms. The molecule has 3 rings (SSSR count). The predicted molar refractivity (Wildman–Crippen MR) is 111 cm³/mol. The van der Waals surface area contributed by atoms with Crippen molar-refractivity contribution in [3.05, 3.63) is 82.3 Å². The molecule has 2 N–H and O–H groups in total. The molecule has 3 aromatic rings. The normalized spacial score (nSPS) is 10.4. The first-order valence-corrected chi connectivity index (χ1v) is 9.40. The number of nitrogens with one attached hydrogen (secondary N) is 2. The van der Waals surface area contributed by atoms with Crippen LogP contribution < -0.4 is 15.4 Å². The third kappa shape index (κ3) is 5.62. The number of furan rings is 1. The van der Waals surface area contributed by atoms with Gasteiger partial charge in [0.1, 0.15) is 11.5 Å². The summed E-state index contributed by atoms with van der Waals surface area (Å²) >= 11 is 6.14. The van der Waals surface area contributed by atoms with Gasteiger partial charge in [0.2, 0.25) is 0 Å². The second-order valence-electron chi connectivity index (χ2n) is 6.55. The molecule has 0 saturated heterocycles. The van der Waals surface area contributed by atoms with Crippen molar-refractivity contribution in [2.45, 2.75) is 20.4 Å².